The summed E-state index contributed by atoms with van der Waals surface area (Å²) in [5.41, 5.74) is 7.02. The van der Waals surface area contributed by atoms with Gasteiger partial charge in [0, 0.05) is 11.8 Å². The van der Waals surface area contributed by atoms with Gasteiger partial charge in [-0.15, -0.1) is 0 Å². The maximum Gasteiger partial charge on any atom is 0.337 e. The Morgan fingerprint density at radius 1 is 0.931 bits per heavy atom. The summed E-state index contributed by atoms with van der Waals surface area (Å²) in [5.74, 6) is -0.336. The molecule has 4 heteroatoms. The zero-order chi connectivity index (χ0) is 20.8. The maximum absolute atomic E-state index is 11.6. The van der Waals surface area contributed by atoms with Gasteiger partial charge in [-0.05, 0) is 64.6 Å². The van der Waals surface area contributed by atoms with Crippen molar-refractivity contribution in [1.82, 2.24) is 9.78 Å². The minimum absolute atomic E-state index is 0.181. The van der Waals surface area contributed by atoms with Crippen LogP contribution in [0.2, 0.25) is 0 Å². The van der Waals surface area contributed by atoms with Gasteiger partial charge in [0.1, 0.15) is 0 Å². The number of ether oxygens (including phenoxy) is 1. The summed E-state index contributed by atoms with van der Waals surface area (Å²) in [6.07, 6.45) is 6.35. The maximum atomic E-state index is 11.6. The lowest BCUT2D eigenvalue weighted by atomic mass is 9.63. The molecule has 150 valence electrons. The fourth-order valence-corrected chi connectivity index (χ4v) is 4.25. The number of carbonyl (C=O) groups is 1. The zero-order valence-electron chi connectivity index (χ0n) is 17.8. The Kier molecular flexibility index (Phi) is 4.60. The normalized spacial score (nSPS) is 16.9. The van der Waals surface area contributed by atoms with Crippen LogP contribution in [0.25, 0.3) is 16.8 Å². The summed E-state index contributed by atoms with van der Waals surface area (Å²) in [4.78, 5) is 11.6. The number of nitrogens with zero attached hydrogens (tertiary/aromatic N) is 2. The fraction of sp³-hybridized carbons (Fsp3) is 0.360. The molecule has 0 bridgehead atoms. The number of hydrogen-bond acceptors (Lipinski definition) is 3. The Morgan fingerprint density at radius 3 is 2.24 bits per heavy atom. The third kappa shape index (κ3) is 3.48. The highest BCUT2D eigenvalue weighted by Crippen LogP contribution is 2.46. The smallest absolute Gasteiger partial charge is 0.337 e. The van der Waals surface area contributed by atoms with Crippen LogP contribution in [0.15, 0.2) is 54.9 Å². The molecule has 29 heavy (non-hydrogen) atoms. The van der Waals surface area contributed by atoms with Crippen molar-refractivity contribution in [3.05, 3.63) is 71.5 Å². The van der Waals surface area contributed by atoms with E-state index in [2.05, 4.69) is 51.0 Å². The minimum atomic E-state index is -0.336. The summed E-state index contributed by atoms with van der Waals surface area (Å²) in [6.45, 7) is 9.38. The Balaban J connectivity index is 1.68. The van der Waals surface area contributed by atoms with E-state index in [1.807, 2.05) is 29.2 Å². The van der Waals surface area contributed by atoms with Gasteiger partial charge in [-0.25, -0.2) is 9.48 Å². The van der Waals surface area contributed by atoms with E-state index >= 15 is 0 Å². The quantitative estimate of drug-likeness (QED) is 0.543. The molecular weight excluding hydrogens is 360 g/mol. The van der Waals surface area contributed by atoms with Gasteiger partial charge in [-0.2, -0.15) is 5.10 Å². The SMILES string of the molecule is COC(=O)c1ccc(-n2cc(-c3ccc4c(c3)C(C)(C)CCC4(C)C)cn2)cc1. The number of carbonyl (C=O) groups excluding carboxylic acids is 1. The number of fused-ring (bicyclic) bond motifs is 1. The van der Waals surface area contributed by atoms with Crippen LogP contribution in [-0.2, 0) is 15.6 Å². The second-order valence-corrected chi connectivity index (χ2v) is 9.24. The zero-order valence-corrected chi connectivity index (χ0v) is 17.8. The van der Waals surface area contributed by atoms with E-state index in [4.69, 9.17) is 4.74 Å². The van der Waals surface area contributed by atoms with Gasteiger partial charge in [0.25, 0.3) is 0 Å². The van der Waals surface area contributed by atoms with Crippen molar-refractivity contribution in [1.29, 1.82) is 0 Å². The van der Waals surface area contributed by atoms with Crippen LogP contribution in [0.1, 0.15) is 62.0 Å². The minimum Gasteiger partial charge on any atom is -0.465 e. The van der Waals surface area contributed by atoms with Crippen LogP contribution in [0, 0.1) is 0 Å². The van der Waals surface area contributed by atoms with Gasteiger partial charge in [0.05, 0.1) is 24.6 Å². The molecule has 0 unspecified atom stereocenters. The van der Waals surface area contributed by atoms with E-state index in [0.29, 0.717) is 5.56 Å². The lowest BCUT2D eigenvalue weighted by Gasteiger charge is -2.42. The molecule has 0 amide bonds. The van der Waals surface area contributed by atoms with Crippen LogP contribution in [0.4, 0.5) is 0 Å². The van der Waals surface area contributed by atoms with Gasteiger partial charge in [-0.3, -0.25) is 0 Å². The lowest BCUT2D eigenvalue weighted by molar-refractivity contribution is 0.0600. The van der Waals surface area contributed by atoms with Crippen molar-refractivity contribution in [2.45, 2.75) is 51.4 Å². The van der Waals surface area contributed by atoms with E-state index < -0.39 is 0 Å². The molecular formula is C25H28N2O2. The molecule has 2 aromatic carbocycles. The molecule has 0 atom stereocenters. The molecule has 1 aromatic heterocycles. The van der Waals surface area contributed by atoms with Crippen molar-refractivity contribution in [3.8, 4) is 16.8 Å². The van der Waals surface area contributed by atoms with Crippen molar-refractivity contribution in [2.24, 2.45) is 0 Å². The summed E-state index contributed by atoms with van der Waals surface area (Å²) < 4.78 is 6.60. The number of rotatable bonds is 3. The molecule has 1 aliphatic rings. The first-order chi connectivity index (χ1) is 13.7. The Bertz CT molecular complexity index is 1060. The number of aromatic nitrogens is 2. The number of benzene rings is 2. The van der Waals surface area contributed by atoms with E-state index in [0.717, 1.165) is 11.3 Å². The van der Waals surface area contributed by atoms with Crippen molar-refractivity contribution >= 4 is 5.97 Å². The topological polar surface area (TPSA) is 44.1 Å². The molecule has 0 spiro atoms. The summed E-state index contributed by atoms with van der Waals surface area (Å²) in [7, 11) is 1.39. The molecule has 1 heterocycles. The van der Waals surface area contributed by atoms with Gasteiger partial charge in [0.2, 0.25) is 0 Å². The molecule has 0 saturated heterocycles. The van der Waals surface area contributed by atoms with Crippen molar-refractivity contribution in [3.63, 3.8) is 0 Å². The van der Waals surface area contributed by atoms with Crippen LogP contribution in [0.5, 0.6) is 0 Å². The first kappa shape index (κ1) is 19.4. The largest absolute Gasteiger partial charge is 0.465 e. The molecule has 1 aliphatic carbocycles. The standard InChI is InChI=1S/C25H28N2O2/c1-24(2)12-13-25(3,4)22-14-18(8-11-21(22)24)19-15-26-27(16-19)20-9-6-17(7-10-20)23(28)29-5/h6-11,14-16H,12-13H2,1-5H3. The molecule has 0 fully saturated rings. The second-order valence-electron chi connectivity index (χ2n) is 9.24. The van der Waals surface area contributed by atoms with Crippen LogP contribution < -0.4 is 0 Å². The molecule has 0 aliphatic heterocycles. The van der Waals surface area contributed by atoms with Gasteiger partial charge >= 0.3 is 5.97 Å². The van der Waals surface area contributed by atoms with E-state index in [9.17, 15) is 4.79 Å². The predicted octanol–water partition coefficient (Wildman–Crippen LogP) is 5.67. The summed E-state index contributed by atoms with van der Waals surface area (Å²) >= 11 is 0. The van der Waals surface area contributed by atoms with E-state index in [-0.39, 0.29) is 16.8 Å². The van der Waals surface area contributed by atoms with Crippen LogP contribution >= 0.6 is 0 Å². The van der Waals surface area contributed by atoms with Gasteiger partial charge < -0.3 is 4.74 Å². The first-order valence-electron chi connectivity index (χ1n) is 10.1. The Morgan fingerprint density at radius 2 is 1.59 bits per heavy atom. The highest BCUT2D eigenvalue weighted by atomic mass is 16.5. The van der Waals surface area contributed by atoms with Crippen molar-refractivity contribution in [2.75, 3.05) is 7.11 Å². The summed E-state index contributed by atoms with van der Waals surface area (Å²) in [5, 5.41) is 4.54. The fourth-order valence-electron chi connectivity index (χ4n) is 4.25. The Labute approximate surface area is 172 Å². The summed E-state index contributed by atoms with van der Waals surface area (Å²) in [6, 6.07) is 14.1. The second kappa shape index (κ2) is 6.87. The molecule has 0 radical (unpaired) electrons. The number of hydrogen-bond donors (Lipinski definition) is 0. The van der Waals surface area contributed by atoms with Crippen LogP contribution in [-0.4, -0.2) is 22.9 Å². The van der Waals surface area contributed by atoms with E-state index in [1.165, 1.54) is 36.6 Å². The highest BCUT2D eigenvalue weighted by Gasteiger charge is 2.37. The molecule has 4 rings (SSSR count). The molecule has 3 aromatic rings. The first-order valence-corrected chi connectivity index (χ1v) is 10.1. The monoisotopic (exact) mass is 388 g/mol. The molecule has 0 N–H and O–H groups in total. The number of methoxy groups -OCH3 is 1. The van der Waals surface area contributed by atoms with Crippen LogP contribution in [0.3, 0.4) is 0 Å². The van der Waals surface area contributed by atoms with Crippen molar-refractivity contribution < 1.29 is 9.53 Å². The third-order valence-corrected chi connectivity index (χ3v) is 6.32. The van der Waals surface area contributed by atoms with Gasteiger partial charge in [0.15, 0.2) is 0 Å². The average molecular weight is 389 g/mol. The predicted molar refractivity (Wildman–Crippen MR) is 116 cm³/mol. The highest BCUT2D eigenvalue weighted by molar-refractivity contribution is 5.89. The third-order valence-electron chi connectivity index (χ3n) is 6.32. The average Bonchev–Trinajstić information content (AvgIpc) is 3.21. The lowest BCUT2D eigenvalue weighted by Crippen LogP contribution is -2.33. The van der Waals surface area contributed by atoms with Gasteiger partial charge in [-0.1, -0.05) is 45.9 Å². The Hall–Kier alpha value is -2.88. The molecule has 0 saturated carbocycles. The van der Waals surface area contributed by atoms with E-state index in [1.54, 1.807) is 12.1 Å². The molecule has 4 nitrogen and oxygen atoms in total. The number of esters is 1.